The van der Waals surface area contributed by atoms with Crippen LogP contribution in [-0.2, 0) is 0 Å². The minimum atomic E-state index is 0.664. The van der Waals surface area contributed by atoms with E-state index in [1.807, 2.05) is 14.1 Å². The fourth-order valence-corrected chi connectivity index (χ4v) is 2.13. The average molecular weight is 275 g/mol. The van der Waals surface area contributed by atoms with Gasteiger partial charge < -0.3 is 9.80 Å². The summed E-state index contributed by atoms with van der Waals surface area (Å²) in [5, 5.41) is 8.43. The number of anilines is 1. The molecule has 0 aliphatic heterocycles. The molecule has 3 heteroatoms. The monoisotopic (exact) mass is 275 g/mol. The van der Waals surface area contributed by atoms with Crippen molar-refractivity contribution in [2.45, 2.75) is 39.5 Å². The van der Waals surface area contributed by atoms with E-state index in [9.17, 15) is 0 Å². The number of unbranched alkanes of at least 4 members (excludes halogenated alkanes) is 2. The molecule has 1 rings (SSSR count). The number of amidine groups is 1. The summed E-state index contributed by atoms with van der Waals surface area (Å²) in [5.41, 5.74) is 2.19. The molecule has 112 valence electrons. The van der Waals surface area contributed by atoms with Crippen molar-refractivity contribution in [3.05, 3.63) is 29.8 Å². The smallest absolute Gasteiger partial charge is 0.128 e. The van der Waals surface area contributed by atoms with Crippen LogP contribution in [0.15, 0.2) is 24.3 Å². The van der Waals surface area contributed by atoms with Gasteiger partial charge in [0.25, 0.3) is 0 Å². The Bertz CT molecular complexity index is 387. The van der Waals surface area contributed by atoms with Gasteiger partial charge in [-0.2, -0.15) is 0 Å². The van der Waals surface area contributed by atoms with Crippen molar-refractivity contribution < 1.29 is 0 Å². The number of hydrogen-bond acceptors (Lipinski definition) is 2. The Morgan fingerprint density at radius 1 is 0.950 bits per heavy atom. The summed E-state index contributed by atoms with van der Waals surface area (Å²) in [6.07, 6.45) is 4.66. The van der Waals surface area contributed by atoms with Gasteiger partial charge in [-0.3, -0.25) is 5.41 Å². The highest BCUT2D eigenvalue weighted by atomic mass is 15.2. The lowest BCUT2D eigenvalue weighted by molar-refractivity contribution is 0.397. The van der Waals surface area contributed by atoms with Crippen LogP contribution in [0.1, 0.15) is 45.1 Å². The van der Waals surface area contributed by atoms with E-state index < -0.39 is 0 Å². The first-order chi connectivity index (χ1) is 9.60. The summed E-state index contributed by atoms with van der Waals surface area (Å²) in [4.78, 5) is 4.30. The van der Waals surface area contributed by atoms with E-state index in [0.29, 0.717) is 5.84 Å². The van der Waals surface area contributed by atoms with E-state index in [0.717, 1.165) is 31.5 Å². The van der Waals surface area contributed by atoms with Gasteiger partial charge in [-0.15, -0.1) is 0 Å². The number of nitrogens with one attached hydrogen (secondary N) is 1. The van der Waals surface area contributed by atoms with Gasteiger partial charge in [0.05, 0.1) is 0 Å². The van der Waals surface area contributed by atoms with E-state index >= 15 is 0 Å². The average Bonchev–Trinajstić information content (AvgIpc) is 2.47. The molecule has 0 aliphatic rings. The fourth-order valence-electron chi connectivity index (χ4n) is 2.13. The number of rotatable bonds is 8. The van der Waals surface area contributed by atoms with Gasteiger partial charge in [0.1, 0.15) is 5.84 Å². The van der Waals surface area contributed by atoms with E-state index in [2.05, 4.69) is 47.9 Å². The van der Waals surface area contributed by atoms with Crippen molar-refractivity contribution in [3.8, 4) is 0 Å². The summed E-state index contributed by atoms with van der Waals surface area (Å²) in [6, 6.07) is 8.29. The quantitative estimate of drug-likeness (QED) is 0.574. The third-order valence-corrected chi connectivity index (χ3v) is 3.54. The molecule has 0 amide bonds. The lowest BCUT2D eigenvalue weighted by Gasteiger charge is -2.25. The van der Waals surface area contributed by atoms with Crippen molar-refractivity contribution in [3.63, 3.8) is 0 Å². The molecule has 20 heavy (non-hydrogen) atoms. The van der Waals surface area contributed by atoms with Crippen molar-refractivity contribution >= 4 is 11.5 Å². The largest absolute Gasteiger partial charge is 0.378 e. The molecule has 3 nitrogen and oxygen atoms in total. The molecule has 1 aromatic rings. The normalized spacial score (nSPS) is 10.4. The van der Waals surface area contributed by atoms with Gasteiger partial charge in [-0.1, -0.05) is 26.7 Å². The SMILES string of the molecule is CCCCN(CCCC)C(=N)c1ccc(N(C)C)cc1. The van der Waals surface area contributed by atoms with Crippen LogP contribution in [-0.4, -0.2) is 37.9 Å². The predicted molar refractivity (Wildman–Crippen MR) is 89.0 cm³/mol. The molecular formula is C17H29N3. The second-order valence-electron chi connectivity index (χ2n) is 5.48. The predicted octanol–water partition coefficient (Wildman–Crippen LogP) is 3.98. The van der Waals surface area contributed by atoms with Crippen LogP contribution in [0.3, 0.4) is 0 Å². The molecule has 0 spiro atoms. The van der Waals surface area contributed by atoms with Gasteiger partial charge in [0.15, 0.2) is 0 Å². The maximum atomic E-state index is 8.43. The van der Waals surface area contributed by atoms with Crippen LogP contribution in [0.5, 0.6) is 0 Å². The molecule has 0 fully saturated rings. The maximum Gasteiger partial charge on any atom is 0.128 e. The second-order valence-corrected chi connectivity index (χ2v) is 5.48. The highest BCUT2D eigenvalue weighted by Gasteiger charge is 2.11. The summed E-state index contributed by atoms with van der Waals surface area (Å²) >= 11 is 0. The van der Waals surface area contributed by atoms with Crippen LogP contribution in [0.2, 0.25) is 0 Å². The van der Waals surface area contributed by atoms with Crippen LogP contribution in [0, 0.1) is 5.41 Å². The third-order valence-electron chi connectivity index (χ3n) is 3.54. The van der Waals surface area contributed by atoms with Gasteiger partial charge in [0, 0.05) is 38.4 Å². The number of benzene rings is 1. The topological polar surface area (TPSA) is 30.3 Å². The summed E-state index contributed by atoms with van der Waals surface area (Å²) in [5.74, 6) is 0.664. The van der Waals surface area contributed by atoms with Crippen molar-refractivity contribution in [1.82, 2.24) is 4.90 Å². The van der Waals surface area contributed by atoms with Crippen LogP contribution >= 0.6 is 0 Å². The van der Waals surface area contributed by atoms with Crippen LogP contribution in [0.4, 0.5) is 5.69 Å². The fraction of sp³-hybridized carbons (Fsp3) is 0.588. The second kappa shape index (κ2) is 8.62. The van der Waals surface area contributed by atoms with E-state index in [1.54, 1.807) is 0 Å². The zero-order valence-corrected chi connectivity index (χ0v) is 13.4. The number of nitrogens with zero attached hydrogens (tertiary/aromatic N) is 2. The molecule has 1 aromatic carbocycles. The van der Waals surface area contributed by atoms with E-state index in [-0.39, 0.29) is 0 Å². The first-order valence-corrected chi connectivity index (χ1v) is 7.71. The van der Waals surface area contributed by atoms with Gasteiger partial charge in [-0.25, -0.2) is 0 Å². The zero-order chi connectivity index (χ0) is 15.0. The summed E-state index contributed by atoms with van der Waals surface area (Å²) in [7, 11) is 4.07. The first-order valence-electron chi connectivity index (χ1n) is 7.71. The Morgan fingerprint density at radius 2 is 1.45 bits per heavy atom. The lowest BCUT2D eigenvalue weighted by atomic mass is 10.1. The molecule has 0 unspecified atom stereocenters. The van der Waals surface area contributed by atoms with Gasteiger partial charge in [0.2, 0.25) is 0 Å². The highest BCUT2D eigenvalue weighted by Crippen LogP contribution is 2.14. The van der Waals surface area contributed by atoms with Crippen LogP contribution in [0.25, 0.3) is 0 Å². The molecule has 0 heterocycles. The molecule has 1 N–H and O–H groups in total. The molecule has 0 aromatic heterocycles. The third kappa shape index (κ3) is 4.87. The van der Waals surface area contributed by atoms with Crippen molar-refractivity contribution in [2.75, 3.05) is 32.1 Å². The summed E-state index contributed by atoms with van der Waals surface area (Å²) < 4.78 is 0. The number of hydrogen-bond donors (Lipinski definition) is 1. The van der Waals surface area contributed by atoms with Crippen molar-refractivity contribution in [2.24, 2.45) is 0 Å². The van der Waals surface area contributed by atoms with E-state index in [4.69, 9.17) is 5.41 Å². The maximum absolute atomic E-state index is 8.43. The minimum Gasteiger partial charge on any atom is -0.378 e. The standard InChI is InChI=1S/C17H29N3/c1-5-7-13-20(14-8-6-2)17(18)15-9-11-16(12-10-15)19(3)4/h9-12,18H,5-8,13-14H2,1-4H3. The molecule has 0 aliphatic carbocycles. The lowest BCUT2D eigenvalue weighted by Crippen LogP contribution is -2.33. The van der Waals surface area contributed by atoms with E-state index in [1.165, 1.54) is 18.5 Å². The molecular weight excluding hydrogens is 246 g/mol. The first kappa shape index (κ1) is 16.5. The molecule has 0 saturated carbocycles. The minimum absolute atomic E-state index is 0.664. The molecule has 0 bridgehead atoms. The Morgan fingerprint density at radius 3 is 1.85 bits per heavy atom. The Labute approximate surface area is 124 Å². The van der Waals surface area contributed by atoms with Crippen molar-refractivity contribution in [1.29, 1.82) is 5.41 Å². The Balaban J connectivity index is 2.76. The Kier molecular flexibility index (Phi) is 7.13. The molecule has 0 atom stereocenters. The van der Waals surface area contributed by atoms with Gasteiger partial charge >= 0.3 is 0 Å². The Hall–Kier alpha value is -1.51. The zero-order valence-electron chi connectivity index (χ0n) is 13.4. The molecule has 0 radical (unpaired) electrons. The summed E-state index contributed by atoms with van der Waals surface area (Å²) in [6.45, 7) is 6.39. The van der Waals surface area contributed by atoms with Crippen LogP contribution < -0.4 is 4.90 Å². The highest BCUT2D eigenvalue weighted by molar-refractivity contribution is 5.96. The van der Waals surface area contributed by atoms with Gasteiger partial charge in [-0.05, 0) is 37.1 Å². The molecule has 0 saturated heterocycles.